The average molecular weight is 260 g/mol. The topological polar surface area (TPSA) is 54.2 Å². The van der Waals surface area contributed by atoms with Gasteiger partial charge in [-0.3, -0.25) is 0 Å². The van der Waals surface area contributed by atoms with Gasteiger partial charge in [-0.15, -0.1) is 0 Å². The van der Waals surface area contributed by atoms with E-state index >= 15 is 0 Å². The van der Waals surface area contributed by atoms with Crippen LogP contribution in [0.5, 0.6) is 0 Å². The number of nitrogens with one attached hydrogen (secondary N) is 1. The Morgan fingerprint density at radius 1 is 1.21 bits per heavy atom. The van der Waals surface area contributed by atoms with Crippen molar-refractivity contribution in [2.45, 2.75) is 50.6 Å². The smallest absolute Gasteiger partial charge is 0.128 e. The number of hydrogen-bond acceptors (Lipinski definition) is 4. The first-order valence-corrected chi connectivity index (χ1v) is 7.54. The number of nitrogens with zero attached hydrogens (tertiary/aromatic N) is 2. The van der Waals surface area contributed by atoms with E-state index in [1.807, 2.05) is 6.20 Å². The van der Waals surface area contributed by atoms with Crippen LogP contribution in [0.2, 0.25) is 0 Å². The molecule has 1 saturated heterocycles. The Hall–Kier alpha value is -1.29. The second-order valence-electron chi connectivity index (χ2n) is 5.87. The van der Waals surface area contributed by atoms with Crippen molar-refractivity contribution in [3.8, 4) is 0 Å². The average Bonchev–Trinajstić information content (AvgIpc) is 2.87. The molecule has 2 aliphatic rings. The van der Waals surface area contributed by atoms with Gasteiger partial charge < -0.3 is 16.0 Å². The molecule has 0 unspecified atom stereocenters. The highest BCUT2D eigenvalue weighted by Gasteiger charge is 2.20. The van der Waals surface area contributed by atoms with Crippen LogP contribution in [0.1, 0.15) is 38.5 Å². The molecule has 0 aromatic carbocycles. The Bertz CT molecular complexity index is 414. The summed E-state index contributed by atoms with van der Waals surface area (Å²) in [5.74, 6) is 1.02. The zero-order chi connectivity index (χ0) is 13.1. The lowest BCUT2D eigenvalue weighted by Gasteiger charge is -2.24. The molecule has 3 N–H and O–H groups in total. The van der Waals surface area contributed by atoms with Gasteiger partial charge in [0, 0.05) is 43.1 Å². The number of rotatable bonds is 3. The van der Waals surface area contributed by atoms with E-state index in [0.29, 0.717) is 12.1 Å². The van der Waals surface area contributed by atoms with Crippen LogP contribution in [0, 0.1) is 0 Å². The molecule has 2 fully saturated rings. The molecule has 104 valence electrons. The molecule has 1 atom stereocenters. The summed E-state index contributed by atoms with van der Waals surface area (Å²) in [7, 11) is 0. The lowest BCUT2D eigenvalue weighted by atomic mass is 9.95. The Morgan fingerprint density at radius 2 is 2.05 bits per heavy atom. The Morgan fingerprint density at radius 3 is 2.79 bits per heavy atom. The quantitative estimate of drug-likeness (QED) is 0.876. The minimum absolute atomic E-state index is 0.322. The van der Waals surface area contributed by atoms with Crippen LogP contribution in [0.4, 0.5) is 11.5 Å². The predicted molar refractivity (Wildman–Crippen MR) is 79.5 cm³/mol. The molecule has 0 spiro atoms. The predicted octanol–water partition coefficient (Wildman–Crippen LogP) is 2.36. The molecule has 1 aromatic heterocycles. The molecule has 0 radical (unpaired) electrons. The first-order chi connectivity index (χ1) is 9.31. The van der Waals surface area contributed by atoms with Gasteiger partial charge in [0.1, 0.15) is 5.82 Å². The summed E-state index contributed by atoms with van der Waals surface area (Å²) in [6, 6.07) is 5.19. The molecule has 19 heavy (non-hydrogen) atoms. The van der Waals surface area contributed by atoms with Crippen LogP contribution in [0.15, 0.2) is 18.3 Å². The molecule has 3 rings (SSSR count). The molecule has 0 amide bonds. The van der Waals surface area contributed by atoms with Crippen LogP contribution in [-0.2, 0) is 0 Å². The summed E-state index contributed by atoms with van der Waals surface area (Å²) < 4.78 is 0. The van der Waals surface area contributed by atoms with E-state index in [-0.39, 0.29) is 0 Å². The number of aromatic nitrogens is 1. The molecule has 4 heteroatoms. The molecule has 1 aliphatic carbocycles. The monoisotopic (exact) mass is 260 g/mol. The van der Waals surface area contributed by atoms with Gasteiger partial charge >= 0.3 is 0 Å². The first-order valence-electron chi connectivity index (χ1n) is 7.54. The maximum Gasteiger partial charge on any atom is 0.128 e. The molecule has 4 nitrogen and oxygen atoms in total. The van der Waals surface area contributed by atoms with Gasteiger partial charge in [-0.1, -0.05) is 19.3 Å². The summed E-state index contributed by atoms with van der Waals surface area (Å²) in [6.07, 6.45) is 9.63. The summed E-state index contributed by atoms with van der Waals surface area (Å²) in [6.45, 7) is 2.03. The lowest BCUT2D eigenvalue weighted by Crippen LogP contribution is -2.26. The number of nitrogens with two attached hydrogens (primary N) is 1. The Kier molecular flexibility index (Phi) is 3.87. The Labute approximate surface area is 115 Å². The van der Waals surface area contributed by atoms with Crippen molar-refractivity contribution in [1.82, 2.24) is 4.98 Å². The molecule has 1 saturated carbocycles. The number of anilines is 2. The third-order valence-electron chi connectivity index (χ3n) is 4.29. The van der Waals surface area contributed by atoms with Crippen LogP contribution in [0.25, 0.3) is 0 Å². The van der Waals surface area contributed by atoms with Crippen LogP contribution < -0.4 is 16.0 Å². The summed E-state index contributed by atoms with van der Waals surface area (Å²) in [5, 5.41) is 3.59. The number of hydrogen-bond donors (Lipinski definition) is 2. The summed E-state index contributed by atoms with van der Waals surface area (Å²) in [4.78, 5) is 6.81. The lowest BCUT2D eigenvalue weighted by molar-refractivity contribution is 0.462. The van der Waals surface area contributed by atoms with Crippen molar-refractivity contribution in [3.05, 3.63) is 18.3 Å². The zero-order valence-corrected chi connectivity index (χ0v) is 11.5. The highest BCUT2D eigenvalue weighted by molar-refractivity contribution is 5.55. The summed E-state index contributed by atoms with van der Waals surface area (Å²) in [5.41, 5.74) is 7.23. The Balaban J connectivity index is 1.65. The van der Waals surface area contributed by atoms with E-state index < -0.39 is 0 Å². The largest absolute Gasteiger partial charge is 0.370 e. The minimum atomic E-state index is 0.322. The third kappa shape index (κ3) is 3.18. The second kappa shape index (κ2) is 5.78. The van der Waals surface area contributed by atoms with Gasteiger partial charge in [-0.05, 0) is 25.3 Å². The van der Waals surface area contributed by atoms with Gasteiger partial charge in [-0.2, -0.15) is 0 Å². The highest BCUT2D eigenvalue weighted by atomic mass is 15.2. The molecule has 1 aromatic rings. The molecular weight excluding hydrogens is 236 g/mol. The maximum absolute atomic E-state index is 5.98. The van der Waals surface area contributed by atoms with Crippen molar-refractivity contribution in [2.24, 2.45) is 5.73 Å². The first kappa shape index (κ1) is 12.7. The van der Waals surface area contributed by atoms with E-state index in [9.17, 15) is 0 Å². The van der Waals surface area contributed by atoms with Crippen molar-refractivity contribution < 1.29 is 0 Å². The molecule has 0 bridgehead atoms. The fourth-order valence-corrected chi connectivity index (χ4v) is 3.17. The van der Waals surface area contributed by atoms with Gasteiger partial charge in [0.05, 0.1) is 0 Å². The highest BCUT2D eigenvalue weighted by Crippen LogP contribution is 2.24. The standard InChI is InChI=1S/C15H24N4/c16-12-7-9-19(11-12)14-6-8-17-15(10-14)18-13-4-2-1-3-5-13/h6,8,10,12-13H,1-5,7,9,11,16H2,(H,17,18)/t12-/m1/s1. The van der Waals surface area contributed by atoms with E-state index in [1.54, 1.807) is 0 Å². The third-order valence-corrected chi connectivity index (χ3v) is 4.29. The van der Waals surface area contributed by atoms with Crippen LogP contribution >= 0.6 is 0 Å². The van der Waals surface area contributed by atoms with E-state index in [0.717, 1.165) is 25.3 Å². The van der Waals surface area contributed by atoms with E-state index in [4.69, 9.17) is 5.73 Å². The van der Waals surface area contributed by atoms with E-state index in [2.05, 4.69) is 27.3 Å². The maximum atomic E-state index is 5.98. The van der Waals surface area contributed by atoms with E-state index in [1.165, 1.54) is 37.8 Å². The SMILES string of the molecule is N[C@@H]1CCN(c2ccnc(NC3CCCCC3)c2)C1. The minimum Gasteiger partial charge on any atom is -0.370 e. The molecule has 1 aliphatic heterocycles. The zero-order valence-electron chi connectivity index (χ0n) is 11.5. The fraction of sp³-hybridized carbons (Fsp3) is 0.667. The van der Waals surface area contributed by atoms with Crippen molar-refractivity contribution in [1.29, 1.82) is 0 Å². The second-order valence-corrected chi connectivity index (χ2v) is 5.87. The summed E-state index contributed by atoms with van der Waals surface area (Å²) >= 11 is 0. The van der Waals surface area contributed by atoms with Crippen molar-refractivity contribution >= 4 is 11.5 Å². The van der Waals surface area contributed by atoms with Gasteiger partial charge in [0.15, 0.2) is 0 Å². The fourth-order valence-electron chi connectivity index (χ4n) is 3.17. The van der Waals surface area contributed by atoms with Gasteiger partial charge in [0.2, 0.25) is 0 Å². The molecular formula is C15H24N4. The van der Waals surface area contributed by atoms with Crippen molar-refractivity contribution in [2.75, 3.05) is 23.3 Å². The van der Waals surface area contributed by atoms with Crippen molar-refractivity contribution in [3.63, 3.8) is 0 Å². The number of pyridine rings is 1. The van der Waals surface area contributed by atoms with Crippen LogP contribution in [-0.4, -0.2) is 30.2 Å². The van der Waals surface area contributed by atoms with Gasteiger partial charge in [-0.25, -0.2) is 4.98 Å². The van der Waals surface area contributed by atoms with Gasteiger partial charge in [0.25, 0.3) is 0 Å². The normalized spacial score (nSPS) is 24.7. The van der Waals surface area contributed by atoms with Crippen LogP contribution in [0.3, 0.4) is 0 Å². The molecule has 2 heterocycles.